The number of hydrogen-bond acceptors (Lipinski definition) is 7. The van der Waals surface area contributed by atoms with Crippen molar-refractivity contribution in [3.63, 3.8) is 0 Å². The summed E-state index contributed by atoms with van der Waals surface area (Å²) in [4.78, 5) is 51.6. The molecule has 0 spiro atoms. The molecule has 4 rings (SSSR count). The molecule has 0 aliphatic carbocycles. The van der Waals surface area contributed by atoms with E-state index in [1.54, 1.807) is 42.5 Å². The van der Waals surface area contributed by atoms with Gasteiger partial charge in [0.1, 0.15) is 6.54 Å². The Morgan fingerprint density at radius 1 is 0.857 bits per heavy atom. The van der Waals surface area contributed by atoms with Gasteiger partial charge >= 0.3 is 0 Å². The van der Waals surface area contributed by atoms with Crippen LogP contribution in [0.25, 0.3) is 6.08 Å². The van der Waals surface area contributed by atoms with Crippen LogP contribution in [0.4, 0.5) is 16.2 Å². The molecule has 2 N–H and O–H groups in total. The summed E-state index contributed by atoms with van der Waals surface area (Å²) in [6.07, 6.45) is 1.54. The van der Waals surface area contributed by atoms with Crippen LogP contribution in [0.3, 0.4) is 0 Å². The topological polar surface area (TPSA) is 114 Å². The Labute approximate surface area is 253 Å². The van der Waals surface area contributed by atoms with Gasteiger partial charge < -0.3 is 20.1 Å². The largest absolute Gasteiger partial charge is 0.490 e. The lowest BCUT2D eigenvalue weighted by atomic mass is 10.1. The summed E-state index contributed by atoms with van der Waals surface area (Å²) in [7, 11) is 0. The highest BCUT2D eigenvalue weighted by atomic mass is 35.5. The molecule has 1 fully saturated rings. The number of anilines is 2. The Bertz CT molecular complexity index is 1590. The van der Waals surface area contributed by atoms with Crippen molar-refractivity contribution >= 4 is 63.8 Å². The molecule has 0 saturated carbocycles. The van der Waals surface area contributed by atoms with E-state index in [-0.39, 0.29) is 17.4 Å². The van der Waals surface area contributed by atoms with Crippen molar-refractivity contribution in [2.45, 2.75) is 27.7 Å². The molecule has 3 aromatic rings. The molecule has 11 heteroatoms. The second-order valence-electron chi connectivity index (χ2n) is 9.56. The molecule has 0 atom stereocenters. The fourth-order valence-electron chi connectivity index (χ4n) is 3.96. The summed E-state index contributed by atoms with van der Waals surface area (Å²) in [6, 6.07) is 15.7. The molecular formula is C31H30ClN3O6S. The minimum atomic E-state index is -0.580. The van der Waals surface area contributed by atoms with Crippen molar-refractivity contribution in [3.05, 3.63) is 86.8 Å². The van der Waals surface area contributed by atoms with Crippen LogP contribution in [-0.4, -0.2) is 47.6 Å². The van der Waals surface area contributed by atoms with Gasteiger partial charge in [0.2, 0.25) is 5.91 Å². The van der Waals surface area contributed by atoms with Crippen molar-refractivity contribution in [2.24, 2.45) is 0 Å². The highest BCUT2D eigenvalue weighted by Crippen LogP contribution is 2.35. The van der Waals surface area contributed by atoms with Crippen LogP contribution in [0.5, 0.6) is 11.5 Å². The monoisotopic (exact) mass is 607 g/mol. The Morgan fingerprint density at radius 2 is 1.55 bits per heavy atom. The first-order chi connectivity index (χ1) is 20.0. The number of amides is 4. The highest BCUT2D eigenvalue weighted by Gasteiger charge is 2.36. The first-order valence-corrected chi connectivity index (χ1v) is 14.3. The molecule has 0 unspecified atom stereocenters. The van der Waals surface area contributed by atoms with Crippen LogP contribution < -0.4 is 20.1 Å². The zero-order valence-corrected chi connectivity index (χ0v) is 25.2. The summed E-state index contributed by atoms with van der Waals surface area (Å²) in [5, 5.41) is 5.40. The maximum Gasteiger partial charge on any atom is 0.294 e. The van der Waals surface area contributed by atoms with Crippen LogP contribution in [0.1, 0.15) is 29.2 Å². The van der Waals surface area contributed by atoms with E-state index in [0.717, 1.165) is 33.4 Å². The summed E-state index contributed by atoms with van der Waals surface area (Å²) >= 11 is 6.85. The lowest BCUT2D eigenvalue weighted by Crippen LogP contribution is -2.36. The summed E-state index contributed by atoms with van der Waals surface area (Å²) in [5.74, 6) is -0.706. The Morgan fingerprint density at radius 3 is 2.24 bits per heavy atom. The zero-order chi connectivity index (χ0) is 30.4. The van der Waals surface area contributed by atoms with Gasteiger partial charge in [0.25, 0.3) is 17.1 Å². The van der Waals surface area contributed by atoms with E-state index in [1.807, 2.05) is 45.9 Å². The van der Waals surface area contributed by atoms with E-state index >= 15 is 0 Å². The Kier molecular flexibility index (Phi) is 9.92. The average Bonchev–Trinajstić information content (AvgIpc) is 3.19. The van der Waals surface area contributed by atoms with Crippen LogP contribution in [-0.2, 0) is 14.4 Å². The SMILES string of the molecule is CCOc1cc(/C=C2/SC(=O)N(CC(=O)Nc3ccc(C)c(Cl)c3)C2=O)ccc1OCC(=O)Nc1ccc(C)c(C)c1. The minimum absolute atomic E-state index is 0.162. The number of thioether (sulfide) groups is 1. The summed E-state index contributed by atoms with van der Waals surface area (Å²) in [5.41, 5.74) is 4.78. The number of benzene rings is 3. The van der Waals surface area contributed by atoms with E-state index in [4.69, 9.17) is 21.1 Å². The predicted octanol–water partition coefficient (Wildman–Crippen LogP) is 6.36. The molecule has 1 aliphatic rings. The van der Waals surface area contributed by atoms with Crippen LogP contribution in [0.15, 0.2) is 59.5 Å². The van der Waals surface area contributed by atoms with Crippen molar-refractivity contribution in [1.29, 1.82) is 0 Å². The van der Waals surface area contributed by atoms with E-state index in [0.29, 0.717) is 40.1 Å². The summed E-state index contributed by atoms with van der Waals surface area (Å²) < 4.78 is 11.4. The molecule has 3 aromatic carbocycles. The molecule has 9 nitrogen and oxygen atoms in total. The van der Waals surface area contributed by atoms with Crippen molar-refractivity contribution < 1.29 is 28.7 Å². The number of hydrogen-bond donors (Lipinski definition) is 2. The maximum absolute atomic E-state index is 13.0. The second kappa shape index (κ2) is 13.6. The molecule has 0 radical (unpaired) electrons. The molecule has 0 aromatic heterocycles. The normalized spacial score (nSPS) is 13.8. The van der Waals surface area contributed by atoms with E-state index in [1.165, 1.54) is 0 Å². The van der Waals surface area contributed by atoms with Gasteiger partial charge in [0, 0.05) is 16.4 Å². The van der Waals surface area contributed by atoms with Crippen molar-refractivity contribution in [2.75, 3.05) is 30.4 Å². The first kappa shape index (κ1) is 30.7. The number of imide groups is 1. The number of nitrogens with one attached hydrogen (secondary N) is 2. The van der Waals surface area contributed by atoms with Crippen molar-refractivity contribution in [3.8, 4) is 11.5 Å². The van der Waals surface area contributed by atoms with Gasteiger partial charge in [-0.25, -0.2) is 0 Å². The molecule has 218 valence electrons. The Hall–Kier alpha value is -4.28. The number of nitrogens with zero attached hydrogens (tertiary/aromatic N) is 1. The molecular weight excluding hydrogens is 578 g/mol. The van der Waals surface area contributed by atoms with Gasteiger partial charge in [-0.3, -0.25) is 24.1 Å². The van der Waals surface area contributed by atoms with Crippen molar-refractivity contribution in [1.82, 2.24) is 4.90 Å². The number of carbonyl (C=O) groups excluding carboxylic acids is 4. The molecule has 1 saturated heterocycles. The lowest BCUT2D eigenvalue weighted by molar-refractivity contribution is -0.127. The molecule has 1 heterocycles. The predicted molar refractivity (Wildman–Crippen MR) is 165 cm³/mol. The van der Waals surface area contributed by atoms with E-state index in [2.05, 4.69) is 10.6 Å². The number of halogens is 1. The molecule has 1 aliphatic heterocycles. The van der Waals surface area contributed by atoms with Gasteiger partial charge in [0.05, 0.1) is 11.5 Å². The average molecular weight is 608 g/mol. The smallest absolute Gasteiger partial charge is 0.294 e. The fraction of sp³-hybridized carbons (Fsp3) is 0.226. The van der Waals surface area contributed by atoms with E-state index in [9.17, 15) is 19.2 Å². The molecule has 42 heavy (non-hydrogen) atoms. The van der Waals surface area contributed by atoms with Crippen LogP contribution in [0.2, 0.25) is 5.02 Å². The van der Waals surface area contributed by atoms with E-state index < -0.39 is 23.6 Å². The van der Waals surface area contributed by atoms with Gasteiger partial charge in [-0.15, -0.1) is 0 Å². The van der Waals surface area contributed by atoms with Gasteiger partial charge in [-0.2, -0.15) is 0 Å². The fourth-order valence-corrected chi connectivity index (χ4v) is 4.98. The van der Waals surface area contributed by atoms with Crippen LogP contribution >= 0.6 is 23.4 Å². The third-order valence-corrected chi connectivity index (χ3v) is 7.66. The van der Waals surface area contributed by atoms with Gasteiger partial charge in [-0.05, 0) is 104 Å². The Balaban J connectivity index is 1.40. The quantitative estimate of drug-likeness (QED) is 0.258. The number of carbonyl (C=O) groups is 4. The summed E-state index contributed by atoms with van der Waals surface area (Å²) in [6.45, 7) is 7.29. The second-order valence-corrected chi connectivity index (χ2v) is 11.0. The van der Waals surface area contributed by atoms with Crippen LogP contribution in [0, 0.1) is 20.8 Å². The molecule has 0 bridgehead atoms. The standard InChI is InChI=1S/C31H30ClN3O6S/c1-5-40-26-13-21(8-11-25(26)41-17-29(37)34-22-9-6-18(2)20(4)12-22)14-27-30(38)35(31(39)42-27)16-28(36)33-23-10-7-19(3)24(32)15-23/h6-15H,5,16-17H2,1-4H3,(H,33,36)(H,34,37)/b27-14+. The maximum atomic E-state index is 13.0. The number of ether oxygens (including phenoxy) is 2. The zero-order valence-electron chi connectivity index (χ0n) is 23.6. The number of rotatable bonds is 10. The highest BCUT2D eigenvalue weighted by molar-refractivity contribution is 8.18. The minimum Gasteiger partial charge on any atom is -0.490 e. The first-order valence-electron chi connectivity index (χ1n) is 13.1. The number of aryl methyl sites for hydroxylation is 3. The van der Waals surface area contributed by atoms with Gasteiger partial charge in [0.15, 0.2) is 18.1 Å². The lowest BCUT2D eigenvalue weighted by Gasteiger charge is -2.13. The van der Waals surface area contributed by atoms with Gasteiger partial charge in [-0.1, -0.05) is 29.8 Å². The third kappa shape index (κ3) is 7.71. The molecule has 4 amide bonds. The third-order valence-electron chi connectivity index (χ3n) is 6.35.